The van der Waals surface area contributed by atoms with Crippen LogP contribution in [0.2, 0.25) is 12.1 Å². The summed E-state index contributed by atoms with van der Waals surface area (Å²) in [6, 6.07) is 2.48. The summed E-state index contributed by atoms with van der Waals surface area (Å²) >= 11 is 0. The van der Waals surface area contributed by atoms with Gasteiger partial charge < -0.3 is 18.9 Å². The van der Waals surface area contributed by atoms with Crippen LogP contribution >= 0.6 is 21.6 Å². The molecule has 0 radical (unpaired) electrons. The van der Waals surface area contributed by atoms with E-state index in [1.54, 1.807) is 0 Å². The van der Waals surface area contributed by atoms with Crippen LogP contribution in [0.5, 0.6) is 0 Å². The third kappa shape index (κ3) is 19.1. The topological polar surface area (TPSA) is 36.9 Å². The summed E-state index contributed by atoms with van der Waals surface area (Å²) in [5.74, 6) is 0. The van der Waals surface area contributed by atoms with Crippen molar-refractivity contribution in [2.75, 3.05) is 26.4 Å². The third-order valence-corrected chi connectivity index (χ3v) is 16.6. The van der Waals surface area contributed by atoms with E-state index < -0.39 is 28.5 Å². The van der Waals surface area contributed by atoms with Crippen molar-refractivity contribution in [3.8, 4) is 0 Å². The SMILES string of the molecule is CCCCCOC(OCCCCC)([SiH2]CCC)SSC(OCCCCC)(OCCCCC)[SiH2]CCC. The second-order valence-electron chi connectivity index (χ2n) is 9.96. The standard InChI is InChI=1S/C28H62O4S2Si2/c1-7-13-17-21-29-27(35-25-11-5,30-22-18-14-8-2)33-34-28(36-26-12-6,31-23-19-15-9-3)32-24-20-16-10-4/h7-26,35-36H2,1-6H3. The largest absolute Gasteiger partial charge is 0.345 e. The van der Waals surface area contributed by atoms with Crippen molar-refractivity contribution in [2.24, 2.45) is 0 Å². The molecule has 0 saturated carbocycles. The van der Waals surface area contributed by atoms with E-state index in [0.29, 0.717) is 0 Å². The number of hydrogen-bond acceptors (Lipinski definition) is 6. The van der Waals surface area contributed by atoms with Gasteiger partial charge in [-0.2, -0.15) is 0 Å². The molecule has 0 aliphatic rings. The van der Waals surface area contributed by atoms with E-state index in [1.165, 1.54) is 76.3 Å². The molecule has 8 heteroatoms. The molecule has 0 aromatic rings. The van der Waals surface area contributed by atoms with Crippen molar-refractivity contribution >= 4 is 40.6 Å². The first-order valence-electron chi connectivity index (χ1n) is 15.5. The number of rotatable bonds is 29. The molecule has 0 rings (SSSR count). The van der Waals surface area contributed by atoms with Gasteiger partial charge in [0, 0.05) is 0 Å². The maximum absolute atomic E-state index is 6.69. The molecule has 0 spiro atoms. The predicted octanol–water partition coefficient (Wildman–Crippen LogP) is 8.41. The van der Waals surface area contributed by atoms with Crippen molar-refractivity contribution in [2.45, 2.75) is 153 Å². The van der Waals surface area contributed by atoms with Gasteiger partial charge in [0.25, 0.3) is 0 Å². The summed E-state index contributed by atoms with van der Waals surface area (Å²) in [7, 11) is 2.48. The molecule has 0 aromatic heterocycles. The van der Waals surface area contributed by atoms with E-state index >= 15 is 0 Å². The Hall–Kier alpha value is 0.974. The first-order chi connectivity index (χ1) is 17.6. The summed E-state index contributed by atoms with van der Waals surface area (Å²) in [6.07, 6.45) is 16.6. The maximum Gasteiger partial charge on any atom is 0.200 e. The molecule has 0 saturated heterocycles. The van der Waals surface area contributed by atoms with Gasteiger partial charge in [0.15, 0.2) is 9.48 Å². The molecule has 4 nitrogen and oxygen atoms in total. The monoisotopic (exact) mass is 582 g/mol. The van der Waals surface area contributed by atoms with Crippen molar-refractivity contribution in [1.29, 1.82) is 0 Å². The van der Waals surface area contributed by atoms with E-state index in [-0.39, 0.29) is 0 Å². The smallest absolute Gasteiger partial charge is 0.200 e. The fraction of sp³-hybridized carbons (Fsp3) is 1.00. The third-order valence-electron chi connectivity index (χ3n) is 6.25. The Morgan fingerprint density at radius 3 is 0.917 bits per heavy atom. The fourth-order valence-corrected chi connectivity index (χ4v) is 12.7. The lowest BCUT2D eigenvalue weighted by atomic mass is 10.3. The van der Waals surface area contributed by atoms with Crippen LogP contribution in [0.3, 0.4) is 0 Å². The van der Waals surface area contributed by atoms with Gasteiger partial charge in [0.05, 0.1) is 26.4 Å². The van der Waals surface area contributed by atoms with E-state index in [9.17, 15) is 0 Å². The van der Waals surface area contributed by atoms with Gasteiger partial charge in [-0.05, 0) is 47.3 Å². The first kappa shape index (κ1) is 37.0. The summed E-state index contributed by atoms with van der Waals surface area (Å²) in [5, 5.41) is 0. The Morgan fingerprint density at radius 1 is 0.417 bits per heavy atom. The second-order valence-corrected chi connectivity index (χ2v) is 17.8. The molecule has 36 heavy (non-hydrogen) atoms. The normalized spacial score (nSPS) is 13.2. The summed E-state index contributed by atoms with van der Waals surface area (Å²) in [5.41, 5.74) is 0. The first-order valence-corrected chi connectivity index (χ1v) is 21.1. The lowest BCUT2D eigenvalue weighted by molar-refractivity contribution is -0.122. The van der Waals surface area contributed by atoms with Crippen LogP contribution < -0.4 is 0 Å². The number of unbranched alkanes of at least 4 members (excludes halogenated alkanes) is 8. The average molecular weight is 583 g/mol. The Balaban J connectivity index is 5.67. The molecule has 0 aliphatic heterocycles. The zero-order valence-corrected chi connectivity index (χ0v) is 29.5. The predicted molar refractivity (Wildman–Crippen MR) is 170 cm³/mol. The molecular formula is C28H62O4S2Si2. The van der Waals surface area contributed by atoms with Gasteiger partial charge in [-0.25, -0.2) is 0 Å². The van der Waals surface area contributed by atoms with Crippen molar-refractivity contribution in [3.63, 3.8) is 0 Å². The zero-order chi connectivity index (χ0) is 26.8. The number of ether oxygens (including phenoxy) is 4. The lowest BCUT2D eigenvalue weighted by Gasteiger charge is -2.38. The Labute approximate surface area is 238 Å². The average Bonchev–Trinajstić information content (AvgIpc) is 2.90. The summed E-state index contributed by atoms with van der Waals surface area (Å²) in [4.78, 5) is 0. The molecule has 0 atom stereocenters. The van der Waals surface area contributed by atoms with Crippen LogP contribution in [-0.2, 0) is 18.9 Å². The minimum absolute atomic E-state index is 0.479. The molecule has 0 heterocycles. The minimum Gasteiger partial charge on any atom is -0.345 e. The van der Waals surface area contributed by atoms with E-state index in [0.717, 1.165) is 52.1 Å². The van der Waals surface area contributed by atoms with Crippen LogP contribution in [0.15, 0.2) is 0 Å². The molecule has 0 bridgehead atoms. The molecule has 0 unspecified atom stereocenters. The van der Waals surface area contributed by atoms with Gasteiger partial charge in [0.1, 0.15) is 19.0 Å². The van der Waals surface area contributed by atoms with E-state index in [4.69, 9.17) is 18.9 Å². The van der Waals surface area contributed by atoms with Crippen LogP contribution in [0.25, 0.3) is 0 Å². The highest BCUT2D eigenvalue weighted by atomic mass is 33.1. The molecule has 0 aromatic carbocycles. The molecular weight excluding hydrogens is 521 g/mol. The lowest BCUT2D eigenvalue weighted by Crippen LogP contribution is -2.43. The van der Waals surface area contributed by atoms with Crippen LogP contribution in [0.4, 0.5) is 0 Å². The van der Waals surface area contributed by atoms with Gasteiger partial charge in [-0.15, -0.1) is 0 Å². The molecule has 0 aliphatic carbocycles. The molecule has 218 valence electrons. The Bertz CT molecular complexity index is 397. The van der Waals surface area contributed by atoms with Crippen molar-refractivity contribution in [3.05, 3.63) is 0 Å². The molecule has 0 amide bonds. The van der Waals surface area contributed by atoms with Crippen molar-refractivity contribution < 1.29 is 18.9 Å². The molecule has 0 fully saturated rings. The van der Waals surface area contributed by atoms with Gasteiger partial charge in [0.2, 0.25) is 0 Å². The van der Waals surface area contributed by atoms with E-state index in [2.05, 4.69) is 41.5 Å². The van der Waals surface area contributed by atoms with E-state index in [1.807, 2.05) is 21.6 Å². The van der Waals surface area contributed by atoms with Crippen molar-refractivity contribution in [1.82, 2.24) is 0 Å². The minimum atomic E-state index is -0.591. The highest BCUT2D eigenvalue weighted by molar-refractivity contribution is 8.78. The van der Waals surface area contributed by atoms with Crippen LogP contribution in [0.1, 0.15) is 131 Å². The summed E-state index contributed by atoms with van der Waals surface area (Å²) in [6.45, 7) is 16.8. The van der Waals surface area contributed by atoms with Gasteiger partial charge >= 0.3 is 0 Å². The highest BCUT2D eigenvalue weighted by Gasteiger charge is 2.40. The van der Waals surface area contributed by atoms with Gasteiger partial charge in [-0.3, -0.25) is 0 Å². The van der Waals surface area contributed by atoms with Gasteiger partial charge in [-0.1, -0.05) is 118 Å². The van der Waals surface area contributed by atoms with Crippen LogP contribution in [-0.4, -0.2) is 55.0 Å². The highest BCUT2D eigenvalue weighted by Crippen LogP contribution is 2.47. The summed E-state index contributed by atoms with van der Waals surface area (Å²) < 4.78 is 25.8. The Morgan fingerprint density at radius 2 is 0.694 bits per heavy atom. The molecule has 0 N–H and O–H groups in total. The Kier molecular flexibility index (Phi) is 26.9. The fourth-order valence-electron chi connectivity index (χ4n) is 3.78. The zero-order valence-electron chi connectivity index (χ0n) is 25.0. The maximum atomic E-state index is 6.69. The quantitative estimate of drug-likeness (QED) is 0.0381. The van der Waals surface area contributed by atoms with Crippen LogP contribution in [0, 0.1) is 0 Å². The number of hydrogen-bond donors (Lipinski definition) is 0. The second kappa shape index (κ2) is 26.2.